The summed E-state index contributed by atoms with van der Waals surface area (Å²) in [5, 5.41) is 7.39. The highest BCUT2D eigenvalue weighted by atomic mass is 35.5. The Morgan fingerprint density at radius 3 is 2.82 bits per heavy atom. The Labute approximate surface area is 139 Å². The van der Waals surface area contributed by atoms with E-state index in [1.165, 1.54) is 0 Å². The number of hydrogen-bond donors (Lipinski definition) is 1. The van der Waals surface area contributed by atoms with Gasteiger partial charge in [0.05, 0.1) is 11.7 Å². The number of rotatable bonds is 5. The normalized spacial score (nSPS) is 12.3. The maximum absolute atomic E-state index is 6.14. The molecule has 2 aromatic heterocycles. The van der Waals surface area contributed by atoms with Gasteiger partial charge in [-0.05, 0) is 36.8 Å². The highest BCUT2D eigenvalue weighted by molar-refractivity contribution is 7.09. The molecule has 0 fully saturated rings. The van der Waals surface area contributed by atoms with Gasteiger partial charge in [-0.2, -0.15) is 0 Å². The van der Waals surface area contributed by atoms with Crippen molar-refractivity contribution >= 4 is 22.9 Å². The third-order valence-electron chi connectivity index (χ3n) is 3.29. The molecular formula is C17H16ClN3S. The minimum Gasteiger partial charge on any atom is -0.298 e. The second-order valence-electron chi connectivity index (χ2n) is 5.01. The van der Waals surface area contributed by atoms with Gasteiger partial charge in [-0.1, -0.05) is 29.8 Å². The summed E-state index contributed by atoms with van der Waals surface area (Å²) in [5.41, 5.74) is 3.12. The van der Waals surface area contributed by atoms with Crippen LogP contribution in [0.15, 0.2) is 54.0 Å². The van der Waals surface area contributed by atoms with Crippen molar-refractivity contribution in [1.82, 2.24) is 15.3 Å². The minimum absolute atomic E-state index is 0.0101. The Balaban J connectivity index is 1.86. The first-order chi connectivity index (χ1) is 10.7. The molecule has 3 rings (SSSR count). The van der Waals surface area contributed by atoms with Crippen LogP contribution in [0.25, 0.3) is 0 Å². The molecule has 0 aliphatic carbocycles. The van der Waals surface area contributed by atoms with E-state index < -0.39 is 0 Å². The van der Waals surface area contributed by atoms with Crippen molar-refractivity contribution in [3.63, 3.8) is 0 Å². The van der Waals surface area contributed by atoms with Gasteiger partial charge >= 0.3 is 0 Å². The third kappa shape index (κ3) is 3.71. The summed E-state index contributed by atoms with van der Waals surface area (Å²) in [6.45, 7) is 2.71. The molecule has 3 nitrogen and oxygen atoms in total. The average molecular weight is 330 g/mol. The summed E-state index contributed by atoms with van der Waals surface area (Å²) in [5.74, 6) is 0. The monoisotopic (exact) mass is 329 g/mol. The fraction of sp³-hybridized carbons (Fsp3) is 0.176. The molecule has 0 saturated carbocycles. The Morgan fingerprint density at radius 1 is 1.23 bits per heavy atom. The molecule has 0 aliphatic rings. The number of benzene rings is 1. The molecule has 5 heteroatoms. The lowest BCUT2D eigenvalue weighted by Gasteiger charge is -2.18. The largest absolute Gasteiger partial charge is 0.298 e. The Kier molecular flexibility index (Phi) is 4.83. The summed E-state index contributed by atoms with van der Waals surface area (Å²) >= 11 is 7.80. The first kappa shape index (κ1) is 15.2. The van der Waals surface area contributed by atoms with E-state index in [0.29, 0.717) is 6.54 Å². The van der Waals surface area contributed by atoms with Gasteiger partial charge < -0.3 is 0 Å². The van der Waals surface area contributed by atoms with Crippen LogP contribution in [-0.2, 0) is 6.54 Å². The number of nitrogens with zero attached hydrogens (tertiary/aromatic N) is 2. The SMILES string of the molecule is Cc1csc(CNC(c2cccc(Cl)c2)c2ccccn2)n1. The Morgan fingerprint density at radius 2 is 2.14 bits per heavy atom. The van der Waals surface area contributed by atoms with E-state index in [1.807, 2.05) is 49.5 Å². The number of nitrogens with one attached hydrogen (secondary N) is 1. The van der Waals surface area contributed by atoms with Crippen molar-refractivity contribution < 1.29 is 0 Å². The minimum atomic E-state index is -0.0101. The Hall–Kier alpha value is -1.75. The average Bonchev–Trinajstić information content (AvgIpc) is 2.94. The Bertz CT molecular complexity index is 742. The summed E-state index contributed by atoms with van der Waals surface area (Å²) < 4.78 is 0. The van der Waals surface area contributed by atoms with Gasteiger partial charge in [0.1, 0.15) is 5.01 Å². The van der Waals surface area contributed by atoms with E-state index in [1.54, 1.807) is 11.3 Å². The molecule has 3 aromatic rings. The molecule has 0 bridgehead atoms. The summed E-state index contributed by atoms with van der Waals surface area (Å²) in [6, 6.07) is 13.8. The van der Waals surface area contributed by atoms with Crippen LogP contribution in [0.4, 0.5) is 0 Å². The van der Waals surface area contributed by atoms with Gasteiger partial charge in [0.2, 0.25) is 0 Å². The van der Waals surface area contributed by atoms with E-state index >= 15 is 0 Å². The second-order valence-corrected chi connectivity index (χ2v) is 6.39. The van der Waals surface area contributed by atoms with Crippen LogP contribution in [0, 0.1) is 6.92 Å². The summed E-state index contributed by atoms with van der Waals surface area (Å²) in [7, 11) is 0. The summed E-state index contributed by atoms with van der Waals surface area (Å²) in [4.78, 5) is 8.98. The van der Waals surface area contributed by atoms with E-state index in [-0.39, 0.29) is 6.04 Å². The van der Waals surface area contributed by atoms with E-state index in [4.69, 9.17) is 11.6 Å². The zero-order chi connectivity index (χ0) is 15.4. The van der Waals surface area contributed by atoms with Gasteiger partial charge in [0.25, 0.3) is 0 Å². The van der Waals surface area contributed by atoms with Crippen molar-refractivity contribution in [1.29, 1.82) is 0 Å². The topological polar surface area (TPSA) is 37.8 Å². The molecule has 0 aliphatic heterocycles. The van der Waals surface area contributed by atoms with Crippen LogP contribution in [0.1, 0.15) is 28.0 Å². The number of aromatic nitrogens is 2. The van der Waals surface area contributed by atoms with Crippen molar-refractivity contribution in [2.24, 2.45) is 0 Å². The molecule has 1 atom stereocenters. The molecule has 0 radical (unpaired) electrons. The number of aryl methyl sites for hydroxylation is 1. The molecule has 0 saturated heterocycles. The molecule has 0 spiro atoms. The van der Waals surface area contributed by atoms with Gasteiger partial charge in [-0.15, -0.1) is 11.3 Å². The molecule has 0 amide bonds. The van der Waals surface area contributed by atoms with Gasteiger partial charge in [-0.3, -0.25) is 10.3 Å². The highest BCUT2D eigenvalue weighted by Gasteiger charge is 2.15. The molecular weight excluding hydrogens is 314 g/mol. The number of thiazole rings is 1. The molecule has 2 heterocycles. The smallest absolute Gasteiger partial charge is 0.107 e. The van der Waals surface area contributed by atoms with Crippen LogP contribution in [0.3, 0.4) is 0 Å². The molecule has 1 unspecified atom stereocenters. The zero-order valence-electron chi connectivity index (χ0n) is 12.2. The summed E-state index contributed by atoms with van der Waals surface area (Å²) in [6.07, 6.45) is 1.81. The maximum atomic E-state index is 6.14. The molecule has 1 N–H and O–H groups in total. The van der Waals surface area contributed by atoms with E-state index in [9.17, 15) is 0 Å². The lowest BCUT2D eigenvalue weighted by molar-refractivity contribution is 0.590. The number of pyridine rings is 1. The quantitative estimate of drug-likeness (QED) is 0.755. The van der Waals surface area contributed by atoms with Crippen LogP contribution in [0.5, 0.6) is 0 Å². The predicted octanol–water partition coefficient (Wildman–Crippen LogP) is 4.38. The van der Waals surface area contributed by atoms with Crippen molar-refractivity contribution in [2.45, 2.75) is 19.5 Å². The lowest BCUT2D eigenvalue weighted by atomic mass is 10.0. The van der Waals surface area contributed by atoms with E-state index in [0.717, 1.165) is 27.0 Å². The highest BCUT2D eigenvalue weighted by Crippen LogP contribution is 2.23. The zero-order valence-corrected chi connectivity index (χ0v) is 13.7. The number of hydrogen-bond acceptors (Lipinski definition) is 4. The van der Waals surface area contributed by atoms with Gasteiger partial charge in [0, 0.05) is 28.8 Å². The lowest BCUT2D eigenvalue weighted by Crippen LogP contribution is -2.22. The van der Waals surface area contributed by atoms with Crippen LogP contribution >= 0.6 is 22.9 Å². The first-order valence-corrected chi connectivity index (χ1v) is 8.29. The van der Waals surface area contributed by atoms with Crippen molar-refractivity contribution in [3.8, 4) is 0 Å². The van der Waals surface area contributed by atoms with Gasteiger partial charge in [-0.25, -0.2) is 4.98 Å². The number of halogens is 1. The van der Waals surface area contributed by atoms with Crippen LogP contribution < -0.4 is 5.32 Å². The molecule has 112 valence electrons. The fourth-order valence-electron chi connectivity index (χ4n) is 2.30. The first-order valence-electron chi connectivity index (χ1n) is 7.03. The van der Waals surface area contributed by atoms with Crippen LogP contribution in [-0.4, -0.2) is 9.97 Å². The van der Waals surface area contributed by atoms with Crippen LogP contribution in [0.2, 0.25) is 5.02 Å². The molecule has 22 heavy (non-hydrogen) atoms. The fourth-order valence-corrected chi connectivity index (χ4v) is 3.22. The van der Waals surface area contributed by atoms with E-state index in [2.05, 4.69) is 26.7 Å². The van der Waals surface area contributed by atoms with Crippen molar-refractivity contribution in [3.05, 3.63) is 81.0 Å². The van der Waals surface area contributed by atoms with Gasteiger partial charge in [0.15, 0.2) is 0 Å². The second kappa shape index (κ2) is 7.01. The molecule has 1 aromatic carbocycles. The van der Waals surface area contributed by atoms with Crippen molar-refractivity contribution in [2.75, 3.05) is 0 Å². The standard InChI is InChI=1S/C17H16ClN3S/c1-12-11-22-16(21-12)10-20-17(15-7-2-3-8-19-15)13-5-4-6-14(18)9-13/h2-9,11,17,20H,10H2,1H3. The third-order valence-corrected chi connectivity index (χ3v) is 4.49. The maximum Gasteiger partial charge on any atom is 0.107 e. The predicted molar refractivity (Wildman–Crippen MR) is 91.2 cm³/mol.